The number of rotatable bonds is 4. The first-order valence-corrected chi connectivity index (χ1v) is 7.48. The number of hydrogen-bond acceptors (Lipinski definition) is 4. The Morgan fingerprint density at radius 3 is 2.96 bits per heavy atom. The molecule has 0 aliphatic rings. The number of hydrogen-bond donors (Lipinski definition) is 1. The first kappa shape index (κ1) is 16.4. The molecule has 0 aliphatic carbocycles. The highest BCUT2D eigenvalue weighted by molar-refractivity contribution is 6.05. The Morgan fingerprint density at radius 2 is 2.16 bits per heavy atom. The van der Waals surface area contributed by atoms with Crippen molar-refractivity contribution >= 4 is 22.6 Å². The van der Waals surface area contributed by atoms with Crippen LogP contribution in [0, 0.1) is 25.1 Å². The van der Waals surface area contributed by atoms with Gasteiger partial charge in [0.2, 0.25) is 0 Å². The van der Waals surface area contributed by atoms with Crippen LogP contribution < -0.4 is 10.1 Å². The largest absolute Gasteiger partial charge is 0.478 e. The number of amides is 1. The SMILES string of the molecule is C#CCOc1cccc(NC(=O)c2nc3cccnc3cc2C)c1F. The minimum absolute atomic E-state index is 0.00740. The second kappa shape index (κ2) is 6.97. The average Bonchev–Trinajstić information content (AvgIpc) is 2.61. The third kappa shape index (κ3) is 3.40. The Balaban J connectivity index is 1.90. The molecule has 0 fully saturated rings. The van der Waals surface area contributed by atoms with Crippen LogP contribution in [0.4, 0.5) is 10.1 Å². The van der Waals surface area contributed by atoms with Crippen molar-refractivity contribution in [2.45, 2.75) is 6.92 Å². The molecular weight excluding hydrogens is 321 g/mol. The molecule has 0 unspecified atom stereocenters. The molecule has 1 amide bonds. The van der Waals surface area contributed by atoms with Gasteiger partial charge in [-0.15, -0.1) is 6.42 Å². The van der Waals surface area contributed by atoms with Crippen molar-refractivity contribution < 1.29 is 13.9 Å². The normalized spacial score (nSPS) is 10.3. The first-order chi connectivity index (χ1) is 12.1. The van der Waals surface area contributed by atoms with Crippen molar-refractivity contribution in [2.24, 2.45) is 0 Å². The third-order valence-corrected chi connectivity index (χ3v) is 3.51. The second-order valence-electron chi connectivity index (χ2n) is 5.26. The quantitative estimate of drug-likeness (QED) is 0.743. The van der Waals surface area contributed by atoms with Crippen molar-refractivity contribution in [3.05, 3.63) is 59.7 Å². The van der Waals surface area contributed by atoms with E-state index in [1.807, 2.05) is 0 Å². The van der Waals surface area contributed by atoms with Gasteiger partial charge in [-0.3, -0.25) is 9.78 Å². The van der Waals surface area contributed by atoms with Gasteiger partial charge in [-0.1, -0.05) is 12.0 Å². The Hall–Kier alpha value is -3.46. The van der Waals surface area contributed by atoms with Crippen LogP contribution in [0.25, 0.3) is 11.0 Å². The topological polar surface area (TPSA) is 64.1 Å². The molecule has 3 aromatic rings. The minimum atomic E-state index is -0.689. The van der Waals surface area contributed by atoms with Gasteiger partial charge < -0.3 is 10.1 Å². The van der Waals surface area contributed by atoms with Gasteiger partial charge in [-0.2, -0.15) is 0 Å². The molecule has 0 bridgehead atoms. The zero-order valence-electron chi connectivity index (χ0n) is 13.4. The summed E-state index contributed by atoms with van der Waals surface area (Å²) in [5.74, 6) is 1.03. The van der Waals surface area contributed by atoms with Crippen LogP contribution in [0.3, 0.4) is 0 Å². The lowest BCUT2D eigenvalue weighted by Gasteiger charge is -2.11. The van der Waals surface area contributed by atoms with Crippen LogP contribution in [0.5, 0.6) is 5.75 Å². The van der Waals surface area contributed by atoms with Gasteiger partial charge in [0.15, 0.2) is 11.6 Å². The predicted octanol–water partition coefficient (Wildman–Crippen LogP) is 3.34. The maximum Gasteiger partial charge on any atom is 0.274 e. The number of pyridine rings is 2. The summed E-state index contributed by atoms with van der Waals surface area (Å²) in [6.45, 7) is 1.69. The van der Waals surface area contributed by atoms with Crippen molar-refractivity contribution in [1.82, 2.24) is 9.97 Å². The van der Waals surface area contributed by atoms with Crippen molar-refractivity contribution in [3.63, 3.8) is 0 Å². The number of aromatic nitrogens is 2. The molecule has 6 heteroatoms. The highest BCUT2D eigenvalue weighted by atomic mass is 19.1. The number of nitrogens with zero attached hydrogens (tertiary/aromatic N) is 2. The first-order valence-electron chi connectivity index (χ1n) is 7.48. The van der Waals surface area contributed by atoms with E-state index in [2.05, 4.69) is 21.2 Å². The third-order valence-electron chi connectivity index (χ3n) is 3.51. The Kier molecular flexibility index (Phi) is 4.57. The molecule has 0 saturated carbocycles. The molecule has 1 N–H and O–H groups in total. The summed E-state index contributed by atoms with van der Waals surface area (Å²) in [5, 5.41) is 2.52. The molecule has 0 radical (unpaired) electrons. The van der Waals surface area contributed by atoms with Gasteiger partial charge in [-0.05, 0) is 42.8 Å². The fourth-order valence-electron chi connectivity index (χ4n) is 2.35. The summed E-state index contributed by atoms with van der Waals surface area (Å²) in [5.41, 5.74) is 2.11. The lowest BCUT2D eigenvalue weighted by Crippen LogP contribution is -2.16. The van der Waals surface area contributed by atoms with Crippen molar-refractivity contribution in [3.8, 4) is 18.1 Å². The van der Waals surface area contributed by atoms with Gasteiger partial charge in [-0.25, -0.2) is 9.37 Å². The van der Waals surface area contributed by atoms with Crippen LogP contribution in [0.2, 0.25) is 0 Å². The molecule has 3 rings (SSSR count). The number of nitrogens with one attached hydrogen (secondary N) is 1. The van der Waals surface area contributed by atoms with Crippen LogP contribution >= 0.6 is 0 Å². The van der Waals surface area contributed by atoms with E-state index in [4.69, 9.17) is 11.2 Å². The number of benzene rings is 1. The maximum atomic E-state index is 14.4. The molecule has 25 heavy (non-hydrogen) atoms. The highest BCUT2D eigenvalue weighted by Gasteiger charge is 2.16. The maximum absolute atomic E-state index is 14.4. The predicted molar refractivity (Wildman–Crippen MR) is 93.0 cm³/mol. The van der Waals surface area contributed by atoms with E-state index >= 15 is 0 Å². The lowest BCUT2D eigenvalue weighted by molar-refractivity contribution is 0.102. The van der Waals surface area contributed by atoms with E-state index in [-0.39, 0.29) is 23.7 Å². The van der Waals surface area contributed by atoms with Gasteiger partial charge in [0.05, 0.1) is 16.7 Å². The van der Waals surface area contributed by atoms with E-state index < -0.39 is 11.7 Å². The number of anilines is 1. The summed E-state index contributed by atoms with van der Waals surface area (Å²) in [6.07, 6.45) is 6.76. The summed E-state index contributed by atoms with van der Waals surface area (Å²) in [7, 11) is 0. The van der Waals surface area contributed by atoms with Gasteiger partial charge in [0, 0.05) is 6.20 Å². The van der Waals surface area contributed by atoms with Crippen LogP contribution in [-0.2, 0) is 0 Å². The number of fused-ring (bicyclic) bond motifs is 1. The van der Waals surface area contributed by atoms with Gasteiger partial charge in [0.1, 0.15) is 12.3 Å². The number of carbonyl (C=O) groups excluding carboxylic acids is 1. The number of ether oxygens (including phenoxy) is 1. The number of halogens is 1. The minimum Gasteiger partial charge on any atom is -0.478 e. The number of terminal acetylenes is 1. The Morgan fingerprint density at radius 1 is 1.32 bits per heavy atom. The molecule has 0 atom stereocenters. The summed E-state index contributed by atoms with van der Waals surface area (Å²) in [6, 6.07) is 9.70. The molecular formula is C19H14FN3O2. The zero-order valence-corrected chi connectivity index (χ0v) is 13.4. The zero-order chi connectivity index (χ0) is 17.8. The number of aryl methyl sites for hydroxylation is 1. The van der Waals surface area contributed by atoms with E-state index in [1.165, 1.54) is 12.1 Å². The highest BCUT2D eigenvalue weighted by Crippen LogP contribution is 2.25. The molecule has 0 aliphatic heterocycles. The molecule has 1 aromatic carbocycles. The lowest BCUT2D eigenvalue weighted by atomic mass is 10.1. The standard InChI is InChI=1S/C19H14FN3O2/c1-3-10-25-16-8-4-6-14(17(16)20)23-19(24)18-12(2)11-15-13(22-18)7-5-9-21-15/h1,4-9,11H,10H2,2H3,(H,23,24). The number of carbonyl (C=O) groups is 1. The molecule has 0 saturated heterocycles. The van der Waals surface area contributed by atoms with Crippen molar-refractivity contribution in [1.29, 1.82) is 0 Å². The Labute approximate surface area is 143 Å². The summed E-state index contributed by atoms with van der Waals surface area (Å²) in [4.78, 5) is 21.0. The fourth-order valence-corrected chi connectivity index (χ4v) is 2.35. The summed E-state index contributed by atoms with van der Waals surface area (Å²) >= 11 is 0. The van der Waals surface area contributed by atoms with Gasteiger partial charge >= 0.3 is 0 Å². The Bertz CT molecular complexity index is 996. The average molecular weight is 335 g/mol. The van der Waals surface area contributed by atoms with Crippen LogP contribution in [0.15, 0.2) is 42.6 Å². The van der Waals surface area contributed by atoms with E-state index in [9.17, 15) is 9.18 Å². The molecule has 2 heterocycles. The van der Waals surface area contributed by atoms with Crippen molar-refractivity contribution in [2.75, 3.05) is 11.9 Å². The fraction of sp³-hybridized carbons (Fsp3) is 0.105. The van der Waals surface area contributed by atoms with Gasteiger partial charge in [0.25, 0.3) is 5.91 Å². The molecule has 2 aromatic heterocycles. The van der Waals surface area contributed by atoms with Crippen LogP contribution in [0.1, 0.15) is 16.1 Å². The van der Waals surface area contributed by atoms with E-state index in [0.29, 0.717) is 16.6 Å². The molecule has 0 spiro atoms. The van der Waals surface area contributed by atoms with E-state index in [0.717, 1.165) is 0 Å². The smallest absolute Gasteiger partial charge is 0.274 e. The molecule has 5 nitrogen and oxygen atoms in total. The second-order valence-corrected chi connectivity index (χ2v) is 5.26. The summed E-state index contributed by atoms with van der Waals surface area (Å²) < 4.78 is 19.5. The van der Waals surface area contributed by atoms with Crippen LogP contribution in [-0.4, -0.2) is 22.5 Å². The monoisotopic (exact) mass is 335 g/mol. The molecule has 124 valence electrons. The van der Waals surface area contributed by atoms with E-state index in [1.54, 1.807) is 37.4 Å².